The average molecular weight is 554 g/mol. The smallest absolute Gasteiger partial charge is 0.412 e. The van der Waals surface area contributed by atoms with Crippen molar-refractivity contribution in [2.24, 2.45) is 0 Å². The number of esters is 1. The number of hydrogen-bond donors (Lipinski definition) is 2. The number of halogens is 1. The summed E-state index contributed by atoms with van der Waals surface area (Å²) >= 11 is 0. The van der Waals surface area contributed by atoms with E-state index in [-0.39, 0.29) is 41.9 Å². The normalized spacial score (nSPS) is 18.3. The molecule has 0 unspecified atom stereocenters. The van der Waals surface area contributed by atoms with Crippen molar-refractivity contribution >= 4 is 41.9 Å². The number of hydrogen-bond acceptors (Lipinski definition) is 7. The average Bonchev–Trinajstić information content (AvgIpc) is 3.17. The summed E-state index contributed by atoms with van der Waals surface area (Å²) in [6.07, 6.45) is -0.729. The maximum Gasteiger partial charge on any atom is 0.412 e. The van der Waals surface area contributed by atoms with Crippen LogP contribution in [-0.2, 0) is 33.0 Å². The first-order valence-corrected chi connectivity index (χ1v) is 16.4. The second kappa shape index (κ2) is 8.72. The van der Waals surface area contributed by atoms with Gasteiger partial charge >= 0.3 is 12.1 Å². The molecule has 3 aromatic rings. The highest BCUT2D eigenvalue weighted by Gasteiger charge is 2.45. The van der Waals surface area contributed by atoms with E-state index in [0.717, 1.165) is 10.8 Å². The van der Waals surface area contributed by atoms with Gasteiger partial charge in [0.05, 0.1) is 42.8 Å². The monoisotopic (exact) mass is 553 g/mol. The Kier molecular flexibility index (Phi) is 6.04. The number of pyridine rings is 2. The van der Waals surface area contributed by atoms with Crippen LogP contribution in [0.15, 0.2) is 23.0 Å². The van der Waals surface area contributed by atoms with Gasteiger partial charge in [0.1, 0.15) is 18.0 Å². The van der Waals surface area contributed by atoms with Gasteiger partial charge in [0, 0.05) is 17.0 Å². The first kappa shape index (κ1) is 27.0. The van der Waals surface area contributed by atoms with E-state index in [0.29, 0.717) is 22.3 Å². The first-order chi connectivity index (χ1) is 18.0. The van der Waals surface area contributed by atoms with Gasteiger partial charge in [-0.25, -0.2) is 19.0 Å². The molecule has 5 rings (SSSR count). The summed E-state index contributed by atoms with van der Waals surface area (Å²) < 4.78 is 27.3. The number of amides is 1. The zero-order chi connectivity index (χ0) is 28.7. The molecule has 39 heavy (non-hydrogen) atoms. The molecule has 1 aromatic carbocycles. The van der Waals surface area contributed by atoms with Crippen molar-refractivity contribution in [2.75, 3.05) is 5.32 Å². The van der Waals surface area contributed by atoms with Crippen molar-refractivity contribution in [3.8, 4) is 11.4 Å². The Morgan fingerprint density at radius 1 is 1.23 bits per heavy atom. The van der Waals surface area contributed by atoms with Crippen LogP contribution in [0.1, 0.15) is 50.8 Å². The summed E-state index contributed by atoms with van der Waals surface area (Å²) in [6, 6.07) is 4.49. The predicted octanol–water partition coefficient (Wildman–Crippen LogP) is 4.11. The van der Waals surface area contributed by atoms with Gasteiger partial charge in [-0.2, -0.15) is 0 Å². The minimum Gasteiger partial charge on any atom is -0.458 e. The van der Waals surface area contributed by atoms with Gasteiger partial charge in [0.25, 0.3) is 5.56 Å². The third-order valence-corrected chi connectivity index (χ3v) is 9.23. The molecule has 9 nitrogen and oxygen atoms in total. The van der Waals surface area contributed by atoms with Crippen molar-refractivity contribution in [2.45, 2.75) is 78.1 Å². The highest BCUT2D eigenvalue weighted by atomic mass is 28.3. The number of rotatable bonds is 3. The number of cyclic esters (lactones) is 1. The van der Waals surface area contributed by atoms with Crippen molar-refractivity contribution in [1.82, 2.24) is 9.55 Å². The summed E-state index contributed by atoms with van der Waals surface area (Å²) in [5.74, 6) is -1.47. The summed E-state index contributed by atoms with van der Waals surface area (Å²) in [5, 5.41) is 15.3. The third-order valence-electron chi connectivity index (χ3n) is 7.16. The fourth-order valence-corrected chi connectivity index (χ4v) is 7.58. The van der Waals surface area contributed by atoms with Crippen LogP contribution in [0.5, 0.6) is 0 Å². The van der Waals surface area contributed by atoms with Crippen LogP contribution in [0.2, 0.25) is 19.6 Å². The maximum atomic E-state index is 15.2. The highest BCUT2D eigenvalue weighted by molar-refractivity contribution is 6.90. The van der Waals surface area contributed by atoms with Crippen molar-refractivity contribution in [3.63, 3.8) is 0 Å². The molecule has 11 heteroatoms. The number of carbonyl (C=O) groups is 2. The van der Waals surface area contributed by atoms with Gasteiger partial charge < -0.3 is 19.1 Å². The molecule has 0 saturated carbocycles. The Hall–Kier alpha value is -3.57. The molecule has 0 fully saturated rings. The van der Waals surface area contributed by atoms with E-state index < -0.39 is 37.2 Å². The Morgan fingerprint density at radius 2 is 1.92 bits per heavy atom. The number of aromatic nitrogens is 2. The van der Waals surface area contributed by atoms with Crippen LogP contribution < -0.4 is 16.1 Å². The lowest BCUT2D eigenvalue weighted by molar-refractivity contribution is -0.172. The van der Waals surface area contributed by atoms with E-state index in [4.69, 9.17) is 14.5 Å². The molecule has 206 valence electrons. The first-order valence-electron chi connectivity index (χ1n) is 12.9. The quantitative estimate of drug-likeness (QED) is 0.289. The van der Waals surface area contributed by atoms with E-state index in [1.807, 2.05) is 0 Å². The molecule has 1 amide bonds. The number of nitrogens with zero attached hydrogens (tertiary/aromatic N) is 2. The van der Waals surface area contributed by atoms with E-state index >= 15 is 4.39 Å². The SMILES string of the molecule is CC[C@@]1(O)C(=O)OCc2c1cc1n(c2=O)Cc2c-1nc1cc(F)c(NC(=O)OC(C)(C)C)cc1c2[Si](C)(C)C. The largest absolute Gasteiger partial charge is 0.458 e. The molecule has 2 aliphatic heterocycles. The van der Waals surface area contributed by atoms with Crippen molar-refractivity contribution in [1.29, 1.82) is 0 Å². The second-order valence-corrected chi connectivity index (χ2v) is 17.1. The molecule has 2 aromatic heterocycles. The summed E-state index contributed by atoms with van der Waals surface area (Å²) in [6.45, 7) is 13.3. The van der Waals surface area contributed by atoms with Gasteiger partial charge in [-0.3, -0.25) is 10.1 Å². The van der Waals surface area contributed by atoms with Crippen LogP contribution >= 0.6 is 0 Å². The van der Waals surface area contributed by atoms with Gasteiger partial charge in [0.2, 0.25) is 0 Å². The maximum absolute atomic E-state index is 15.2. The molecule has 0 spiro atoms. The van der Waals surface area contributed by atoms with Crippen molar-refractivity contribution < 1.29 is 28.6 Å². The zero-order valence-electron chi connectivity index (χ0n) is 23.1. The number of carbonyl (C=O) groups excluding carboxylic acids is 2. The summed E-state index contributed by atoms with van der Waals surface area (Å²) in [7, 11) is -2.16. The van der Waals surface area contributed by atoms with E-state index in [2.05, 4.69) is 25.0 Å². The molecule has 0 aliphatic carbocycles. The molecule has 0 bridgehead atoms. The number of anilines is 1. The third kappa shape index (κ3) is 4.33. The van der Waals surface area contributed by atoms with Crippen LogP contribution in [0.4, 0.5) is 14.9 Å². The number of benzene rings is 1. The summed E-state index contributed by atoms with van der Waals surface area (Å²) in [5.41, 5.74) is -0.398. The minimum absolute atomic E-state index is 0.0233. The molecule has 0 saturated heterocycles. The number of nitrogens with one attached hydrogen (secondary N) is 1. The van der Waals surface area contributed by atoms with Gasteiger partial charge in [-0.15, -0.1) is 0 Å². The molecular weight excluding hydrogens is 521 g/mol. The van der Waals surface area contributed by atoms with Gasteiger partial charge in [-0.1, -0.05) is 26.6 Å². The molecule has 1 atom stereocenters. The fourth-order valence-electron chi connectivity index (χ4n) is 5.47. The number of fused-ring (bicyclic) bond motifs is 5. The summed E-state index contributed by atoms with van der Waals surface area (Å²) in [4.78, 5) is 43.3. The topological polar surface area (TPSA) is 120 Å². The zero-order valence-corrected chi connectivity index (χ0v) is 24.1. The standard InChI is InChI=1S/C28H32FN3O6Si/c1-8-28(36)17-10-21-22-15(12-32(21)24(33)16(17)13-37-25(28)34)23(39(5,6)7)14-9-20(18(29)11-19(14)30-22)31-26(35)38-27(2,3)4/h9-11,36H,8,12-13H2,1-7H3,(H,31,35)/t28-/m0/s1. The number of ether oxygens (including phenoxy) is 2. The van der Waals surface area contributed by atoms with E-state index in [1.165, 1.54) is 6.07 Å². The number of aliphatic hydroxyl groups is 1. The molecule has 2 aliphatic rings. The van der Waals surface area contributed by atoms with Crippen LogP contribution in [0.25, 0.3) is 22.3 Å². The Balaban J connectivity index is 1.74. The van der Waals surface area contributed by atoms with E-state index in [9.17, 15) is 19.5 Å². The Morgan fingerprint density at radius 3 is 2.54 bits per heavy atom. The molecular formula is C28H32FN3O6Si. The molecule has 0 radical (unpaired) electrons. The lowest BCUT2D eigenvalue weighted by Crippen LogP contribution is -2.44. The highest BCUT2D eigenvalue weighted by Crippen LogP contribution is 2.39. The molecule has 4 heterocycles. The van der Waals surface area contributed by atoms with Crippen LogP contribution in [0.3, 0.4) is 0 Å². The van der Waals surface area contributed by atoms with Crippen molar-refractivity contribution in [3.05, 3.63) is 51.1 Å². The van der Waals surface area contributed by atoms with E-state index in [1.54, 1.807) is 44.4 Å². The second-order valence-electron chi connectivity index (χ2n) is 12.1. The minimum atomic E-state index is -2.16. The van der Waals surface area contributed by atoms with Crippen LogP contribution in [0, 0.1) is 5.82 Å². The predicted molar refractivity (Wildman–Crippen MR) is 147 cm³/mol. The molecule has 2 N–H and O–H groups in total. The van der Waals surface area contributed by atoms with Crippen LogP contribution in [-0.4, -0.2) is 40.4 Å². The Labute approximate surface area is 226 Å². The van der Waals surface area contributed by atoms with Gasteiger partial charge in [-0.05, 0) is 50.1 Å². The lowest BCUT2D eigenvalue weighted by atomic mass is 9.86. The fraction of sp³-hybridized carbons (Fsp3) is 0.429. The lowest BCUT2D eigenvalue weighted by Gasteiger charge is -2.31. The Bertz CT molecular complexity index is 1640. The van der Waals surface area contributed by atoms with Gasteiger partial charge in [0.15, 0.2) is 5.60 Å².